The van der Waals surface area contributed by atoms with E-state index in [-0.39, 0.29) is 23.9 Å². The largest absolute Gasteiger partial charge is 0.496 e. The van der Waals surface area contributed by atoms with Crippen molar-refractivity contribution in [1.82, 2.24) is 10.3 Å². The van der Waals surface area contributed by atoms with Gasteiger partial charge in [-0.15, -0.1) is 0 Å². The number of allylic oxidation sites excluding steroid dienone is 1. The van der Waals surface area contributed by atoms with Crippen molar-refractivity contribution in [3.05, 3.63) is 64.6 Å². The van der Waals surface area contributed by atoms with Crippen LogP contribution in [0.4, 0.5) is 16.0 Å². The monoisotopic (exact) mass is 466 g/mol. The molecule has 0 amide bonds. The minimum atomic E-state index is -0.618. The van der Waals surface area contributed by atoms with Crippen molar-refractivity contribution in [3.8, 4) is 17.2 Å². The lowest BCUT2D eigenvalue weighted by atomic mass is 9.78. The average molecular weight is 466 g/mol. The van der Waals surface area contributed by atoms with Gasteiger partial charge in [0.15, 0.2) is 17.3 Å². The number of benzene rings is 2. The summed E-state index contributed by atoms with van der Waals surface area (Å²) in [6.07, 6.45) is 0.794. The maximum Gasteiger partial charge on any atom is 0.219 e. The summed E-state index contributed by atoms with van der Waals surface area (Å²) in [6.45, 7) is 0. The first kappa shape index (κ1) is 21.7. The van der Waals surface area contributed by atoms with Crippen LogP contribution in [-0.4, -0.2) is 37.4 Å². The van der Waals surface area contributed by atoms with Gasteiger partial charge in [0, 0.05) is 29.3 Å². The SMILES string of the molecule is COc1cc(OC)c([C@H]2Nc3nonc3NC3=C2C(=O)C[C@@H](c2ccc(F)cc2)C3)cc1OC. The van der Waals surface area contributed by atoms with Gasteiger partial charge >= 0.3 is 0 Å². The predicted octanol–water partition coefficient (Wildman–Crippen LogP) is 4.21. The van der Waals surface area contributed by atoms with Crippen molar-refractivity contribution in [2.75, 3.05) is 32.0 Å². The number of hydrogen-bond acceptors (Lipinski definition) is 9. The van der Waals surface area contributed by atoms with E-state index in [1.54, 1.807) is 45.6 Å². The number of ketones is 1. The van der Waals surface area contributed by atoms with Gasteiger partial charge in [0.1, 0.15) is 11.6 Å². The molecule has 1 aliphatic heterocycles. The molecule has 0 bridgehead atoms. The Morgan fingerprint density at radius 1 is 0.941 bits per heavy atom. The Kier molecular flexibility index (Phi) is 5.56. The highest BCUT2D eigenvalue weighted by molar-refractivity contribution is 6.01. The molecule has 1 aliphatic carbocycles. The number of aromatic nitrogens is 2. The van der Waals surface area contributed by atoms with Gasteiger partial charge in [0.05, 0.1) is 27.4 Å². The molecule has 5 rings (SSSR count). The van der Waals surface area contributed by atoms with Gasteiger partial charge < -0.3 is 24.8 Å². The van der Waals surface area contributed by atoms with E-state index in [0.29, 0.717) is 52.1 Å². The Labute approximate surface area is 194 Å². The zero-order chi connectivity index (χ0) is 23.8. The molecule has 34 heavy (non-hydrogen) atoms. The number of anilines is 2. The van der Waals surface area contributed by atoms with Crippen LogP contribution >= 0.6 is 0 Å². The van der Waals surface area contributed by atoms with Crippen LogP contribution in [0.2, 0.25) is 0 Å². The Morgan fingerprint density at radius 3 is 2.32 bits per heavy atom. The van der Waals surface area contributed by atoms with E-state index in [0.717, 1.165) is 5.56 Å². The lowest BCUT2D eigenvalue weighted by molar-refractivity contribution is -0.116. The lowest BCUT2D eigenvalue weighted by Gasteiger charge is -2.30. The number of nitrogens with zero attached hydrogens (tertiary/aromatic N) is 2. The van der Waals surface area contributed by atoms with Crippen molar-refractivity contribution >= 4 is 17.4 Å². The molecule has 3 aromatic rings. The molecule has 0 spiro atoms. The predicted molar refractivity (Wildman–Crippen MR) is 121 cm³/mol. The number of carbonyl (C=O) groups is 1. The van der Waals surface area contributed by atoms with Gasteiger partial charge in [-0.25, -0.2) is 9.02 Å². The van der Waals surface area contributed by atoms with Crippen molar-refractivity contribution in [2.45, 2.75) is 24.8 Å². The number of carbonyl (C=O) groups excluding carboxylic acids is 1. The van der Waals surface area contributed by atoms with E-state index in [9.17, 15) is 9.18 Å². The highest BCUT2D eigenvalue weighted by atomic mass is 19.1. The lowest BCUT2D eigenvalue weighted by Crippen LogP contribution is -2.27. The minimum Gasteiger partial charge on any atom is -0.496 e. The summed E-state index contributed by atoms with van der Waals surface area (Å²) < 4.78 is 34.9. The van der Waals surface area contributed by atoms with Crippen LogP contribution in [-0.2, 0) is 4.79 Å². The third kappa shape index (κ3) is 3.70. The maximum atomic E-state index is 13.6. The number of ether oxygens (including phenoxy) is 3. The van der Waals surface area contributed by atoms with Crippen molar-refractivity contribution in [1.29, 1.82) is 0 Å². The normalized spacial score (nSPS) is 19.4. The van der Waals surface area contributed by atoms with Crippen LogP contribution in [0, 0.1) is 5.82 Å². The number of fused-ring (bicyclic) bond motifs is 1. The fraction of sp³-hybridized carbons (Fsp3) is 0.292. The number of nitrogens with one attached hydrogen (secondary N) is 2. The van der Waals surface area contributed by atoms with Crippen LogP contribution in [0.15, 0.2) is 52.3 Å². The smallest absolute Gasteiger partial charge is 0.219 e. The highest BCUT2D eigenvalue weighted by Gasteiger charge is 2.38. The van der Waals surface area contributed by atoms with Crippen LogP contribution in [0.1, 0.15) is 35.9 Å². The van der Waals surface area contributed by atoms with E-state index >= 15 is 0 Å². The number of halogens is 1. The average Bonchev–Trinajstić information content (AvgIpc) is 3.22. The van der Waals surface area contributed by atoms with Gasteiger partial charge in [-0.05, 0) is 46.4 Å². The Morgan fingerprint density at radius 2 is 1.62 bits per heavy atom. The van der Waals surface area contributed by atoms with Gasteiger partial charge in [-0.2, -0.15) is 0 Å². The second kappa shape index (κ2) is 8.69. The zero-order valence-electron chi connectivity index (χ0n) is 18.8. The summed E-state index contributed by atoms with van der Waals surface area (Å²) in [5.74, 6) is 1.75. The highest BCUT2D eigenvalue weighted by Crippen LogP contribution is 2.47. The van der Waals surface area contributed by atoms with E-state index in [1.165, 1.54) is 12.1 Å². The Balaban J connectivity index is 1.64. The molecular formula is C24H23FN4O5. The summed E-state index contributed by atoms with van der Waals surface area (Å²) in [5.41, 5.74) is 2.79. The third-order valence-electron chi connectivity index (χ3n) is 6.22. The Hall–Kier alpha value is -4.08. The van der Waals surface area contributed by atoms with Gasteiger partial charge in [-0.1, -0.05) is 12.1 Å². The molecule has 10 heteroatoms. The van der Waals surface area contributed by atoms with E-state index in [1.807, 2.05) is 0 Å². The summed E-state index contributed by atoms with van der Waals surface area (Å²) in [4.78, 5) is 13.6. The second-order valence-corrected chi connectivity index (χ2v) is 8.09. The molecule has 9 nitrogen and oxygen atoms in total. The van der Waals surface area contributed by atoms with Crippen LogP contribution in [0.3, 0.4) is 0 Å². The molecule has 176 valence electrons. The molecular weight excluding hydrogens is 443 g/mol. The maximum absolute atomic E-state index is 13.6. The summed E-state index contributed by atoms with van der Waals surface area (Å²) in [5, 5.41) is 14.4. The molecule has 0 radical (unpaired) electrons. The van der Waals surface area contributed by atoms with E-state index < -0.39 is 6.04 Å². The van der Waals surface area contributed by atoms with E-state index in [2.05, 4.69) is 20.9 Å². The molecule has 2 atom stereocenters. The molecule has 2 aliphatic rings. The second-order valence-electron chi connectivity index (χ2n) is 8.09. The molecule has 2 aromatic carbocycles. The summed E-state index contributed by atoms with van der Waals surface area (Å²) in [7, 11) is 4.63. The molecule has 0 saturated heterocycles. The molecule has 0 unspecified atom stereocenters. The van der Waals surface area contributed by atoms with Gasteiger partial charge in [0.2, 0.25) is 11.6 Å². The van der Waals surface area contributed by atoms with Crippen LogP contribution < -0.4 is 24.8 Å². The minimum absolute atomic E-state index is 0.0560. The summed E-state index contributed by atoms with van der Waals surface area (Å²) in [6, 6.07) is 9.11. The number of hydrogen-bond donors (Lipinski definition) is 2. The first-order valence-electron chi connectivity index (χ1n) is 10.7. The first-order valence-corrected chi connectivity index (χ1v) is 10.7. The molecule has 1 aromatic heterocycles. The van der Waals surface area contributed by atoms with Crippen molar-refractivity contribution in [3.63, 3.8) is 0 Å². The number of rotatable bonds is 5. The third-order valence-corrected chi connectivity index (χ3v) is 6.22. The fourth-order valence-corrected chi connectivity index (χ4v) is 4.58. The summed E-state index contributed by atoms with van der Waals surface area (Å²) >= 11 is 0. The molecule has 2 heterocycles. The fourth-order valence-electron chi connectivity index (χ4n) is 4.58. The molecule has 0 fully saturated rings. The standard InChI is InChI=1S/C24H23FN4O5/c1-31-18-11-20(33-3)19(32-2)10-15(18)22-21-16(26-23-24(27-22)29-34-28-23)8-13(9-17(21)30)12-4-6-14(25)7-5-12/h4-7,10-11,13,22H,8-9H2,1-3H3,(H,26,28)(H,27,29)/t13-,22+/m0/s1. The van der Waals surface area contributed by atoms with Crippen LogP contribution in [0.5, 0.6) is 17.2 Å². The number of Topliss-reactive ketones (excluding diaryl/α,β-unsaturated/α-hetero) is 1. The number of methoxy groups -OCH3 is 3. The van der Waals surface area contributed by atoms with E-state index in [4.69, 9.17) is 18.8 Å². The van der Waals surface area contributed by atoms with Gasteiger partial charge in [-0.3, -0.25) is 4.79 Å². The quantitative estimate of drug-likeness (QED) is 0.572. The molecule has 0 saturated carbocycles. The Bertz CT molecular complexity index is 1270. The molecule has 2 N–H and O–H groups in total. The van der Waals surface area contributed by atoms with Crippen LogP contribution in [0.25, 0.3) is 0 Å². The van der Waals surface area contributed by atoms with Crippen molar-refractivity contribution < 1.29 is 28.0 Å². The topological polar surface area (TPSA) is 108 Å². The van der Waals surface area contributed by atoms with Gasteiger partial charge in [0.25, 0.3) is 0 Å². The zero-order valence-corrected chi connectivity index (χ0v) is 18.8. The van der Waals surface area contributed by atoms with Crippen molar-refractivity contribution in [2.24, 2.45) is 0 Å². The first-order chi connectivity index (χ1) is 16.5.